The second-order valence-corrected chi connectivity index (χ2v) is 9.11. The minimum Gasteiger partial charge on any atom is -0.489 e. The first-order valence-corrected chi connectivity index (χ1v) is 11.9. The molecule has 8 nitrogen and oxygen atoms in total. The van der Waals surface area contributed by atoms with Crippen molar-refractivity contribution in [1.82, 2.24) is 19.8 Å². The van der Waals surface area contributed by atoms with Crippen molar-refractivity contribution < 1.29 is 18.7 Å². The number of nitrogens with zero attached hydrogens (tertiary/aromatic N) is 4. The Hall–Kier alpha value is -4.05. The predicted octanol–water partition coefficient (Wildman–Crippen LogP) is 4.40. The van der Waals surface area contributed by atoms with Crippen molar-refractivity contribution in [3.63, 3.8) is 0 Å². The van der Waals surface area contributed by atoms with E-state index in [1.54, 1.807) is 15.9 Å². The van der Waals surface area contributed by atoms with Gasteiger partial charge in [0.25, 0.3) is 5.91 Å². The average Bonchev–Trinajstić information content (AvgIpc) is 3.31. The molecule has 1 aliphatic rings. The van der Waals surface area contributed by atoms with Crippen LogP contribution in [0.25, 0.3) is 10.1 Å². The zero-order valence-corrected chi connectivity index (χ0v) is 19.5. The van der Waals surface area contributed by atoms with Crippen LogP contribution in [0.4, 0.5) is 15.0 Å². The number of amides is 3. The number of carbonyl (C=O) groups is 2. The van der Waals surface area contributed by atoms with Crippen LogP contribution in [0.1, 0.15) is 15.2 Å². The number of hydrogen-bond donors (Lipinski definition) is 1. The molecule has 1 fully saturated rings. The van der Waals surface area contributed by atoms with Gasteiger partial charge in [0.15, 0.2) is 5.82 Å². The minimum absolute atomic E-state index is 0.0533. The van der Waals surface area contributed by atoms with E-state index in [-0.39, 0.29) is 24.4 Å². The fourth-order valence-corrected chi connectivity index (χ4v) is 4.84. The Kier molecular flexibility index (Phi) is 6.53. The number of urea groups is 1. The second kappa shape index (κ2) is 10.1. The third-order valence-corrected chi connectivity index (χ3v) is 6.75. The van der Waals surface area contributed by atoms with E-state index < -0.39 is 0 Å². The van der Waals surface area contributed by atoms with Gasteiger partial charge in [-0.15, -0.1) is 11.3 Å². The first-order valence-electron chi connectivity index (χ1n) is 11.1. The molecule has 35 heavy (non-hydrogen) atoms. The molecule has 4 aromatic rings. The van der Waals surface area contributed by atoms with Crippen molar-refractivity contribution in [3.8, 4) is 5.75 Å². The Morgan fingerprint density at radius 2 is 1.86 bits per heavy atom. The van der Waals surface area contributed by atoms with Crippen molar-refractivity contribution in [3.05, 3.63) is 83.4 Å². The van der Waals surface area contributed by atoms with Crippen molar-refractivity contribution in [2.24, 2.45) is 0 Å². The molecule has 5 rings (SSSR count). The summed E-state index contributed by atoms with van der Waals surface area (Å²) in [6.07, 6.45) is 4.53. The maximum atomic E-state index is 13.4. The summed E-state index contributed by atoms with van der Waals surface area (Å²) in [6.45, 7) is 2.02. The zero-order valence-electron chi connectivity index (χ0n) is 18.7. The monoisotopic (exact) mass is 491 g/mol. The SMILES string of the molecule is O=C(Nc1cnccn1)N1CCN(C(=O)c2cc3cc(OCc4cccc(F)c4)ccc3s2)CC1. The van der Waals surface area contributed by atoms with Gasteiger partial charge in [-0.2, -0.15) is 0 Å². The Morgan fingerprint density at radius 3 is 2.63 bits per heavy atom. The molecule has 0 bridgehead atoms. The number of carbonyl (C=O) groups excluding carboxylic acids is 2. The number of piperazine rings is 1. The summed E-state index contributed by atoms with van der Waals surface area (Å²) in [5.74, 6) is 0.693. The molecule has 0 aliphatic carbocycles. The van der Waals surface area contributed by atoms with E-state index in [1.165, 1.54) is 42.1 Å². The Bertz CT molecular complexity index is 1360. The number of halogens is 1. The summed E-state index contributed by atoms with van der Waals surface area (Å²) in [5.41, 5.74) is 0.746. The number of aromatic nitrogens is 2. The highest BCUT2D eigenvalue weighted by Crippen LogP contribution is 2.30. The van der Waals surface area contributed by atoms with Crippen LogP contribution in [0.3, 0.4) is 0 Å². The molecule has 3 heterocycles. The van der Waals surface area contributed by atoms with Gasteiger partial charge < -0.3 is 14.5 Å². The summed E-state index contributed by atoms with van der Waals surface area (Å²) >= 11 is 1.43. The van der Waals surface area contributed by atoms with Gasteiger partial charge in [0, 0.05) is 43.3 Å². The Balaban J connectivity index is 1.19. The lowest BCUT2D eigenvalue weighted by atomic mass is 10.2. The van der Waals surface area contributed by atoms with E-state index in [0.717, 1.165) is 15.6 Å². The number of nitrogens with one attached hydrogen (secondary N) is 1. The Labute approximate surface area is 205 Å². The standard InChI is InChI=1S/C25H22FN5O3S/c26-19-3-1-2-17(12-19)16-34-20-4-5-21-18(13-20)14-22(35-21)24(32)30-8-10-31(11-9-30)25(33)29-23-15-27-6-7-28-23/h1-7,12-15H,8-11,16H2,(H,28,29,33). The molecular formula is C25H22FN5O3S. The van der Waals surface area contributed by atoms with Gasteiger partial charge >= 0.3 is 6.03 Å². The normalized spacial score (nSPS) is 13.6. The van der Waals surface area contributed by atoms with E-state index in [4.69, 9.17) is 4.74 Å². The van der Waals surface area contributed by atoms with Gasteiger partial charge in [-0.05, 0) is 47.3 Å². The molecule has 0 spiro atoms. The van der Waals surface area contributed by atoms with Crippen LogP contribution in [0.2, 0.25) is 0 Å². The summed E-state index contributed by atoms with van der Waals surface area (Å²) < 4.78 is 20.2. The van der Waals surface area contributed by atoms with Crippen molar-refractivity contribution in [2.75, 3.05) is 31.5 Å². The van der Waals surface area contributed by atoms with Crippen LogP contribution in [0.5, 0.6) is 5.75 Å². The molecule has 1 saturated heterocycles. The third kappa shape index (κ3) is 5.38. The largest absolute Gasteiger partial charge is 0.489 e. The molecule has 1 aliphatic heterocycles. The Morgan fingerprint density at radius 1 is 1.03 bits per heavy atom. The van der Waals surface area contributed by atoms with Gasteiger partial charge in [0.2, 0.25) is 0 Å². The maximum absolute atomic E-state index is 13.4. The number of thiophene rings is 1. The van der Waals surface area contributed by atoms with E-state index >= 15 is 0 Å². The first-order chi connectivity index (χ1) is 17.0. The lowest BCUT2D eigenvalue weighted by molar-refractivity contribution is 0.0676. The molecule has 2 aromatic carbocycles. The molecule has 178 valence electrons. The van der Waals surface area contributed by atoms with Crippen molar-refractivity contribution >= 4 is 39.2 Å². The quantitative estimate of drug-likeness (QED) is 0.447. The summed E-state index contributed by atoms with van der Waals surface area (Å²) in [4.78, 5) is 37.6. The molecule has 0 unspecified atom stereocenters. The van der Waals surface area contributed by atoms with Gasteiger partial charge in [0.05, 0.1) is 11.1 Å². The van der Waals surface area contributed by atoms with E-state index in [1.807, 2.05) is 30.3 Å². The van der Waals surface area contributed by atoms with E-state index in [2.05, 4.69) is 15.3 Å². The summed E-state index contributed by atoms with van der Waals surface area (Å²) in [7, 11) is 0. The minimum atomic E-state index is -0.297. The zero-order chi connectivity index (χ0) is 24.2. The van der Waals surface area contributed by atoms with Crippen LogP contribution in [0, 0.1) is 5.82 Å². The smallest absolute Gasteiger partial charge is 0.323 e. The van der Waals surface area contributed by atoms with Crippen molar-refractivity contribution in [1.29, 1.82) is 0 Å². The number of hydrogen-bond acceptors (Lipinski definition) is 6. The second-order valence-electron chi connectivity index (χ2n) is 8.03. The van der Waals surface area contributed by atoms with E-state index in [0.29, 0.717) is 42.6 Å². The molecule has 0 saturated carbocycles. The van der Waals surface area contributed by atoms with Gasteiger partial charge in [0.1, 0.15) is 18.2 Å². The average molecular weight is 492 g/mol. The van der Waals surface area contributed by atoms with Gasteiger partial charge in [-0.25, -0.2) is 14.2 Å². The third-order valence-electron chi connectivity index (χ3n) is 5.65. The number of anilines is 1. The molecule has 0 radical (unpaired) electrons. The fraction of sp³-hybridized carbons (Fsp3) is 0.200. The highest BCUT2D eigenvalue weighted by molar-refractivity contribution is 7.20. The van der Waals surface area contributed by atoms with Crippen LogP contribution in [-0.4, -0.2) is 57.9 Å². The first kappa shape index (κ1) is 22.7. The molecule has 3 amide bonds. The summed E-state index contributed by atoms with van der Waals surface area (Å²) in [6, 6.07) is 13.6. The van der Waals surface area contributed by atoms with Crippen molar-refractivity contribution in [2.45, 2.75) is 6.61 Å². The van der Waals surface area contributed by atoms with Gasteiger partial charge in [-0.3, -0.25) is 15.1 Å². The van der Waals surface area contributed by atoms with E-state index in [9.17, 15) is 14.0 Å². The molecular weight excluding hydrogens is 469 g/mol. The maximum Gasteiger partial charge on any atom is 0.323 e. The number of benzene rings is 2. The number of fused-ring (bicyclic) bond motifs is 1. The molecule has 1 N–H and O–H groups in total. The topological polar surface area (TPSA) is 87.7 Å². The van der Waals surface area contributed by atoms with Crippen LogP contribution < -0.4 is 10.1 Å². The van der Waals surface area contributed by atoms with Crippen LogP contribution >= 0.6 is 11.3 Å². The lowest BCUT2D eigenvalue weighted by Crippen LogP contribution is -2.51. The fourth-order valence-electron chi connectivity index (χ4n) is 3.83. The highest BCUT2D eigenvalue weighted by atomic mass is 32.1. The predicted molar refractivity (Wildman–Crippen MR) is 131 cm³/mol. The molecule has 0 atom stereocenters. The summed E-state index contributed by atoms with van der Waals surface area (Å²) in [5, 5.41) is 3.63. The molecule has 10 heteroatoms. The number of rotatable bonds is 5. The molecule has 2 aromatic heterocycles. The number of ether oxygens (including phenoxy) is 1. The van der Waals surface area contributed by atoms with Crippen LogP contribution in [0.15, 0.2) is 67.1 Å². The lowest BCUT2D eigenvalue weighted by Gasteiger charge is -2.34. The van der Waals surface area contributed by atoms with Gasteiger partial charge in [-0.1, -0.05) is 12.1 Å². The van der Waals surface area contributed by atoms with Crippen LogP contribution in [-0.2, 0) is 6.61 Å². The highest BCUT2D eigenvalue weighted by Gasteiger charge is 2.26.